The van der Waals surface area contributed by atoms with E-state index in [1.807, 2.05) is 22.1 Å². The minimum absolute atomic E-state index is 0.0765. The first-order valence-electron chi connectivity index (χ1n) is 8.93. The van der Waals surface area contributed by atoms with Crippen LogP contribution in [0, 0.1) is 12.8 Å². The Morgan fingerprint density at radius 1 is 1.38 bits per heavy atom. The van der Waals surface area contributed by atoms with Gasteiger partial charge in [0, 0.05) is 37.4 Å². The van der Waals surface area contributed by atoms with Crippen LogP contribution in [0.15, 0.2) is 10.9 Å². The number of fused-ring (bicyclic) bond motifs is 4. The number of aromatic amines is 1. The molecule has 0 aromatic carbocycles. The number of piperidine rings is 1. The van der Waals surface area contributed by atoms with E-state index in [0.717, 1.165) is 24.4 Å². The minimum atomic E-state index is -0.0953. The first-order valence-corrected chi connectivity index (χ1v) is 9.87. The van der Waals surface area contributed by atoms with Crippen molar-refractivity contribution in [3.05, 3.63) is 28.2 Å². The number of carbonyl (C=O) groups is 2. The number of hydrogen-bond acceptors (Lipinski definition) is 6. The molecule has 2 atom stereocenters. The summed E-state index contributed by atoms with van der Waals surface area (Å²) >= 11 is 1.54. The summed E-state index contributed by atoms with van der Waals surface area (Å²) in [6.45, 7) is 3.52. The number of nitrogens with one attached hydrogen (secondary N) is 1. The van der Waals surface area contributed by atoms with Crippen molar-refractivity contribution in [1.29, 1.82) is 0 Å². The predicted molar refractivity (Wildman–Crippen MR) is 95.2 cm³/mol. The van der Waals surface area contributed by atoms with E-state index in [1.165, 1.54) is 11.3 Å². The van der Waals surface area contributed by atoms with Crippen molar-refractivity contribution in [3.8, 4) is 0 Å². The lowest BCUT2D eigenvalue weighted by Crippen LogP contribution is -2.47. The van der Waals surface area contributed by atoms with Crippen LogP contribution in [0.5, 0.6) is 0 Å². The van der Waals surface area contributed by atoms with Crippen LogP contribution in [0.25, 0.3) is 0 Å². The summed E-state index contributed by atoms with van der Waals surface area (Å²) in [7, 11) is 0. The van der Waals surface area contributed by atoms with Crippen LogP contribution in [0.3, 0.4) is 0 Å². The largest absolute Gasteiger partial charge is 0.340 e. The van der Waals surface area contributed by atoms with E-state index in [9.17, 15) is 9.59 Å². The number of nitrogens with zero attached hydrogens (tertiary/aromatic N) is 5. The number of aryl methyl sites for hydroxylation is 2. The number of hydrogen-bond donors (Lipinski definition) is 1. The van der Waals surface area contributed by atoms with Gasteiger partial charge >= 0.3 is 0 Å². The topological polar surface area (TPSA) is 95.1 Å². The van der Waals surface area contributed by atoms with Crippen molar-refractivity contribution in [2.45, 2.75) is 45.2 Å². The molecule has 0 radical (unpaired) electrons. The first-order chi connectivity index (χ1) is 12.6. The summed E-state index contributed by atoms with van der Waals surface area (Å²) in [5.74, 6) is 1.56. The van der Waals surface area contributed by atoms with Gasteiger partial charge in [-0.2, -0.15) is 5.10 Å². The summed E-state index contributed by atoms with van der Waals surface area (Å²) in [6, 6.07) is 0.0812. The maximum atomic E-state index is 12.8. The minimum Gasteiger partial charge on any atom is -0.340 e. The normalized spacial score (nSPS) is 22.7. The molecule has 3 aliphatic heterocycles. The second kappa shape index (κ2) is 7.14. The molecule has 5 rings (SSSR count). The number of rotatable bonds is 5. The van der Waals surface area contributed by atoms with Crippen LogP contribution in [-0.4, -0.2) is 60.9 Å². The second-order valence-electron chi connectivity index (χ2n) is 7.01. The highest BCUT2D eigenvalue weighted by Crippen LogP contribution is 2.30. The summed E-state index contributed by atoms with van der Waals surface area (Å²) in [4.78, 5) is 37.9. The Bertz CT molecular complexity index is 789. The Morgan fingerprint density at radius 2 is 2.27 bits per heavy atom. The standard InChI is InChI=1S/C17H22N6O2S/c1-11-19-15(21-20-11)4-5-16(24)22-6-12-2-3-14(8-22)23(17(12)25)7-13-9-26-10-18-13/h9-10,12,14H,2-8H2,1H3,(H,19,20,21)/t12-,14+/m1/s1. The lowest BCUT2D eigenvalue weighted by atomic mass is 9.94. The van der Waals surface area contributed by atoms with Crippen molar-refractivity contribution < 1.29 is 9.59 Å². The molecule has 2 aromatic heterocycles. The quantitative estimate of drug-likeness (QED) is 0.847. The Kier molecular flexibility index (Phi) is 4.71. The first kappa shape index (κ1) is 17.1. The van der Waals surface area contributed by atoms with E-state index in [0.29, 0.717) is 38.3 Å². The van der Waals surface area contributed by atoms with Gasteiger partial charge in [-0.25, -0.2) is 9.97 Å². The molecule has 2 aromatic rings. The van der Waals surface area contributed by atoms with Crippen LogP contribution in [-0.2, 0) is 22.6 Å². The molecule has 3 fully saturated rings. The molecule has 0 aliphatic carbocycles. The highest BCUT2D eigenvalue weighted by Gasteiger charge is 2.41. The maximum Gasteiger partial charge on any atom is 0.228 e. The van der Waals surface area contributed by atoms with Gasteiger partial charge in [0.05, 0.1) is 23.7 Å². The Labute approximate surface area is 155 Å². The lowest BCUT2D eigenvalue weighted by molar-refractivity contribution is -0.140. The Morgan fingerprint density at radius 3 is 3.00 bits per heavy atom. The zero-order chi connectivity index (χ0) is 18.1. The predicted octanol–water partition coefficient (Wildman–Crippen LogP) is 1.15. The van der Waals surface area contributed by atoms with Gasteiger partial charge in [-0.05, 0) is 19.8 Å². The number of carbonyl (C=O) groups excluding carboxylic acids is 2. The third kappa shape index (κ3) is 3.48. The van der Waals surface area contributed by atoms with Gasteiger partial charge < -0.3 is 9.80 Å². The SMILES string of the molecule is Cc1nc(CCC(=O)N2C[C@H]3CC[C@@H](C2)N(Cc2cscn2)C3=O)n[nH]1. The number of H-pyrrole nitrogens is 1. The average molecular weight is 374 g/mol. The van der Waals surface area contributed by atoms with Gasteiger partial charge in [0.1, 0.15) is 5.82 Å². The fraction of sp³-hybridized carbons (Fsp3) is 0.588. The zero-order valence-corrected chi connectivity index (χ0v) is 15.5. The molecule has 3 saturated heterocycles. The van der Waals surface area contributed by atoms with E-state index in [2.05, 4.69) is 20.2 Å². The molecule has 2 amide bonds. The molecular formula is C17H22N6O2S. The van der Waals surface area contributed by atoms with Crippen molar-refractivity contribution in [1.82, 2.24) is 30.0 Å². The van der Waals surface area contributed by atoms with Crippen LogP contribution < -0.4 is 0 Å². The monoisotopic (exact) mass is 374 g/mol. The second-order valence-corrected chi connectivity index (χ2v) is 7.73. The number of aromatic nitrogens is 4. The molecular weight excluding hydrogens is 352 g/mol. The van der Waals surface area contributed by atoms with Crippen LogP contribution >= 0.6 is 11.3 Å². The van der Waals surface area contributed by atoms with Crippen LogP contribution in [0.2, 0.25) is 0 Å². The van der Waals surface area contributed by atoms with Crippen molar-refractivity contribution in [2.75, 3.05) is 13.1 Å². The third-order valence-electron chi connectivity index (χ3n) is 5.17. The van der Waals surface area contributed by atoms with Gasteiger partial charge in [0.2, 0.25) is 11.8 Å². The van der Waals surface area contributed by atoms with Crippen LogP contribution in [0.4, 0.5) is 0 Å². The third-order valence-corrected chi connectivity index (χ3v) is 5.80. The molecule has 0 saturated carbocycles. The molecule has 9 heteroatoms. The fourth-order valence-corrected chi connectivity index (χ4v) is 4.37. The van der Waals surface area contributed by atoms with E-state index < -0.39 is 0 Å². The van der Waals surface area contributed by atoms with Crippen molar-refractivity contribution >= 4 is 23.2 Å². The molecule has 5 heterocycles. The van der Waals surface area contributed by atoms with Crippen molar-refractivity contribution in [2.24, 2.45) is 5.92 Å². The Balaban J connectivity index is 1.41. The maximum absolute atomic E-state index is 12.8. The highest BCUT2D eigenvalue weighted by molar-refractivity contribution is 7.07. The number of amides is 2. The molecule has 8 nitrogen and oxygen atoms in total. The summed E-state index contributed by atoms with van der Waals surface area (Å²) < 4.78 is 0. The zero-order valence-electron chi connectivity index (χ0n) is 14.7. The van der Waals surface area contributed by atoms with Gasteiger partial charge in [-0.15, -0.1) is 11.3 Å². The summed E-state index contributed by atoms with van der Waals surface area (Å²) in [5.41, 5.74) is 2.71. The molecule has 0 unspecified atom stereocenters. The fourth-order valence-electron chi connectivity index (χ4n) is 3.82. The summed E-state index contributed by atoms with van der Waals surface area (Å²) in [6.07, 6.45) is 2.70. The lowest BCUT2D eigenvalue weighted by Gasteiger charge is -2.35. The van der Waals surface area contributed by atoms with Crippen LogP contribution in [0.1, 0.15) is 36.6 Å². The van der Waals surface area contributed by atoms with Gasteiger partial charge in [0.15, 0.2) is 5.82 Å². The van der Waals surface area contributed by atoms with Gasteiger partial charge in [0.25, 0.3) is 0 Å². The van der Waals surface area contributed by atoms with Gasteiger partial charge in [-0.3, -0.25) is 14.7 Å². The molecule has 2 bridgehead atoms. The molecule has 26 heavy (non-hydrogen) atoms. The van der Waals surface area contributed by atoms with E-state index >= 15 is 0 Å². The van der Waals surface area contributed by atoms with E-state index in [1.54, 1.807) is 5.51 Å². The Hall–Kier alpha value is -2.29. The van der Waals surface area contributed by atoms with E-state index in [4.69, 9.17) is 0 Å². The highest BCUT2D eigenvalue weighted by atomic mass is 32.1. The summed E-state index contributed by atoms with van der Waals surface area (Å²) in [5, 5.41) is 8.86. The number of thiazole rings is 1. The van der Waals surface area contributed by atoms with Gasteiger partial charge in [-0.1, -0.05) is 0 Å². The smallest absolute Gasteiger partial charge is 0.228 e. The van der Waals surface area contributed by atoms with Crippen molar-refractivity contribution in [3.63, 3.8) is 0 Å². The molecule has 138 valence electrons. The molecule has 3 aliphatic rings. The van der Waals surface area contributed by atoms with E-state index in [-0.39, 0.29) is 23.8 Å². The molecule has 0 spiro atoms. The average Bonchev–Trinajstić information content (AvgIpc) is 3.21. The molecule has 1 N–H and O–H groups in total.